The molecule has 0 aromatic carbocycles. The molecule has 128 valence electrons. The first kappa shape index (κ1) is 15.9. The van der Waals surface area contributed by atoms with E-state index in [1.165, 1.54) is 50.5 Å². The number of rotatable bonds is 3. The number of carbonyl (C=O) groups excluding carboxylic acids is 1. The minimum atomic E-state index is 0.380. The van der Waals surface area contributed by atoms with Crippen LogP contribution in [0.15, 0.2) is 11.6 Å². The third-order valence-electron chi connectivity index (χ3n) is 7.96. The highest BCUT2D eigenvalue weighted by Gasteiger charge is 2.57. The predicted octanol–water partition coefficient (Wildman–Crippen LogP) is 4.92. The highest BCUT2D eigenvalue weighted by molar-refractivity contribution is 5.91. The molecule has 0 radical (unpaired) electrons. The van der Waals surface area contributed by atoms with Crippen LogP contribution >= 0.6 is 0 Å². The highest BCUT2D eigenvalue weighted by atomic mass is 16.5. The van der Waals surface area contributed by atoms with E-state index in [4.69, 9.17) is 4.74 Å². The van der Waals surface area contributed by atoms with Crippen LogP contribution in [0.3, 0.4) is 0 Å². The summed E-state index contributed by atoms with van der Waals surface area (Å²) in [5, 5.41) is 0. The first-order valence-electron chi connectivity index (χ1n) is 10.0. The lowest BCUT2D eigenvalue weighted by molar-refractivity contribution is -0.116. The maximum absolute atomic E-state index is 11.8. The van der Waals surface area contributed by atoms with E-state index in [9.17, 15) is 4.79 Å². The molecule has 0 aromatic heterocycles. The normalized spacial score (nSPS) is 45.9. The minimum Gasteiger partial charge on any atom is -0.378 e. The molecule has 6 atom stereocenters. The molecule has 2 heteroatoms. The minimum absolute atomic E-state index is 0.380. The fourth-order valence-electron chi connectivity index (χ4n) is 7.06. The molecule has 0 N–H and O–H groups in total. The van der Waals surface area contributed by atoms with Gasteiger partial charge in [0.1, 0.15) is 0 Å². The number of fused-ring (bicyclic) bond motifs is 5. The monoisotopic (exact) mass is 316 g/mol. The molecule has 4 rings (SSSR count). The molecular weight excluding hydrogens is 284 g/mol. The Morgan fingerprint density at radius 3 is 2.74 bits per heavy atom. The van der Waals surface area contributed by atoms with Crippen molar-refractivity contribution in [3.63, 3.8) is 0 Å². The molecule has 4 aliphatic rings. The summed E-state index contributed by atoms with van der Waals surface area (Å²) in [7, 11) is 0. The van der Waals surface area contributed by atoms with Crippen LogP contribution < -0.4 is 0 Å². The molecule has 0 amide bonds. The summed E-state index contributed by atoms with van der Waals surface area (Å²) in [6, 6.07) is 0. The van der Waals surface area contributed by atoms with Gasteiger partial charge in [0.2, 0.25) is 0 Å². The van der Waals surface area contributed by atoms with Crippen molar-refractivity contribution in [2.45, 2.75) is 77.7 Å². The van der Waals surface area contributed by atoms with Gasteiger partial charge in [0, 0.05) is 13.0 Å². The molecule has 4 aliphatic carbocycles. The highest BCUT2D eigenvalue weighted by Crippen LogP contribution is 2.63. The Bertz CT molecular complexity index is 508. The SMILES string of the molecule is CCO[C@H]1CC[C@H]2[C@@H]3CCC4=CC(=O)CC[C@@H]4[C@H]3CC[C@]12CC. The van der Waals surface area contributed by atoms with Crippen LogP contribution in [0, 0.1) is 29.1 Å². The van der Waals surface area contributed by atoms with E-state index in [1.807, 2.05) is 6.08 Å². The van der Waals surface area contributed by atoms with Crippen LogP contribution in [0.25, 0.3) is 0 Å². The van der Waals surface area contributed by atoms with E-state index >= 15 is 0 Å². The summed E-state index contributed by atoms with van der Waals surface area (Å²) < 4.78 is 6.21. The summed E-state index contributed by atoms with van der Waals surface area (Å²) in [5.74, 6) is 3.73. The first-order chi connectivity index (χ1) is 11.2. The molecule has 0 bridgehead atoms. The van der Waals surface area contributed by atoms with E-state index in [-0.39, 0.29) is 0 Å². The third-order valence-corrected chi connectivity index (χ3v) is 7.96. The molecule has 23 heavy (non-hydrogen) atoms. The van der Waals surface area contributed by atoms with Gasteiger partial charge >= 0.3 is 0 Å². The summed E-state index contributed by atoms with van der Waals surface area (Å²) in [6.45, 7) is 5.42. The smallest absolute Gasteiger partial charge is 0.155 e. The van der Waals surface area contributed by atoms with Gasteiger partial charge in [-0.3, -0.25) is 4.79 Å². The summed E-state index contributed by atoms with van der Waals surface area (Å²) >= 11 is 0. The number of ketones is 1. The van der Waals surface area contributed by atoms with Gasteiger partial charge in [-0.2, -0.15) is 0 Å². The predicted molar refractivity (Wildman–Crippen MR) is 92.1 cm³/mol. The van der Waals surface area contributed by atoms with E-state index in [2.05, 4.69) is 13.8 Å². The van der Waals surface area contributed by atoms with Gasteiger partial charge in [0.15, 0.2) is 5.78 Å². The Morgan fingerprint density at radius 1 is 1.09 bits per heavy atom. The van der Waals surface area contributed by atoms with E-state index in [0.29, 0.717) is 17.3 Å². The number of carbonyl (C=O) groups is 1. The molecule has 3 fully saturated rings. The van der Waals surface area contributed by atoms with E-state index in [0.717, 1.165) is 43.1 Å². The van der Waals surface area contributed by atoms with Crippen molar-refractivity contribution < 1.29 is 9.53 Å². The van der Waals surface area contributed by atoms with Gasteiger partial charge in [-0.05, 0) is 93.5 Å². The molecule has 0 aliphatic heterocycles. The van der Waals surface area contributed by atoms with Crippen LogP contribution in [-0.2, 0) is 9.53 Å². The van der Waals surface area contributed by atoms with Crippen LogP contribution in [-0.4, -0.2) is 18.5 Å². The lowest BCUT2D eigenvalue weighted by Crippen LogP contribution is -2.49. The molecule has 0 heterocycles. The second-order valence-electron chi connectivity index (χ2n) is 8.45. The van der Waals surface area contributed by atoms with Crippen molar-refractivity contribution in [2.75, 3.05) is 6.61 Å². The average Bonchev–Trinajstić information content (AvgIpc) is 2.94. The number of hydrogen-bond donors (Lipinski definition) is 0. The zero-order valence-corrected chi connectivity index (χ0v) is 14.9. The van der Waals surface area contributed by atoms with Crippen molar-refractivity contribution in [2.24, 2.45) is 29.1 Å². The second-order valence-corrected chi connectivity index (χ2v) is 8.45. The van der Waals surface area contributed by atoms with Gasteiger partial charge < -0.3 is 4.74 Å². The fraction of sp³-hybridized carbons (Fsp3) is 0.857. The molecule has 0 aromatic rings. The summed E-state index contributed by atoms with van der Waals surface area (Å²) in [5.41, 5.74) is 1.97. The number of hydrogen-bond acceptors (Lipinski definition) is 2. The third kappa shape index (κ3) is 2.35. The molecular formula is C21H32O2. The Kier molecular flexibility index (Phi) is 4.16. The Morgan fingerprint density at radius 2 is 1.96 bits per heavy atom. The van der Waals surface area contributed by atoms with Crippen LogP contribution in [0.4, 0.5) is 0 Å². The van der Waals surface area contributed by atoms with Crippen molar-refractivity contribution in [3.8, 4) is 0 Å². The topological polar surface area (TPSA) is 26.3 Å². The molecule has 0 saturated heterocycles. The van der Waals surface area contributed by atoms with Gasteiger partial charge in [0.25, 0.3) is 0 Å². The van der Waals surface area contributed by atoms with Gasteiger partial charge in [-0.15, -0.1) is 0 Å². The molecule has 3 saturated carbocycles. The molecule has 0 spiro atoms. The zero-order chi connectivity index (χ0) is 16.0. The lowest BCUT2D eigenvalue weighted by Gasteiger charge is -2.54. The van der Waals surface area contributed by atoms with Crippen molar-refractivity contribution in [3.05, 3.63) is 11.6 Å². The Balaban J connectivity index is 1.60. The van der Waals surface area contributed by atoms with Crippen LogP contribution in [0.5, 0.6) is 0 Å². The van der Waals surface area contributed by atoms with Gasteiger partial charge in [0.05, 0.1) is 6.10 Å². The standard InChI is InChI=1S/C21H32O2/c1-3-21-12-11-17-16-8-6-15(22)13-14(16)5-7-18(17)19(21)9-10-20(21)23-4-2/h13,16-20H,3-12H2,1-2H3/t16-,17+,18+,19-,20-,21-/m0/s1. The van der Waals surface area contributed by atoms with Crippen molar-refractivity contribution >= 4 is 5.78 Å². The van der Waals surface area contributed by atoms with E-state index < -0.39 is 0 Å². The quantitative estimate of drug-likeness (QED) is 0.738. The number of ether oxygens (including phenoxy) is 1. The summed E-state index contributed by atoms with van der Waals surface area (Å²) in [6.07, 6.45) is 13.6. The van der Waals surface area contributed by atoms with Crippen molar-refractivity contribution in [1.29, 1.82) is 0 Å². The van der Waals surface area contributed by atoms with Crippen LogP contribution in [0.1, 0.15) is 71.6 Å². The fourth-order valence-corrected chi connectivity index (χ4v) is 7.06. The largest absolute Gasteiger partial charge is 0.378 e. The molecule has 2 nitrogen and oxygen atoms in total. The second kappa shape index (κ2) is 6.02. The van der Waals surface area contributed by atoms with E-state index in [1.54, 1.807) is 0 Å². The zero-order valence-electron chi connectivity index (χ0n) is 14.9. The lowest BCUT2D eigenvalue weighted by atomic mass is 9.51. The summed E-state index contributed by atoms with van der Waals surface area (Å²) in [4.78, 5) is 11.8. The maximum Gasteiger partial charge on any atom is 0.155 e. The maximum atomic E-state index is 11.8. The van der Waals surface area contributed by atoms with Gasteiger partial charge in [-0.25, -0.2) is 0 Å². The van der Waals surface area contributed by atoms with Crippen molar-refractivity contribution in [1.82, 2.24) is 0 Å². The molecule has 0 unspecified atom stereocenters. The average molecular weight is 316 g/mol. The Labute approximate surface area is 141 Å². The Hall–Kier alpha value is -0.630. The van der Waals surface area contributed by atoms with Crippen LogP contribution in [0.2, 0.25) is 0 Å². The first-order valence-corrected chi connectivity index (χ1v) is 10.0. The van der Waals surface area contributed by atoms with Gasteiger partial charge in [-0.1, -0.05) is 12.5 Å². The number of allylic oxidation sites excluding steroid dienone is 1.